The molecule has 19 heavy (non-hydrogen) atoms. The van der Waals surface area contributed by atoms with Crippen LogP contribution in [0, 0.1) is 0 Å². The molecule has 1 heterocycles. The smallest absolute Gasteiger partial charge is 0.119 e. The first-order valence-electron chi connectivity index (χ1n) is 6.78. The van der Waals surface area contributed by atoms with E-state index in [4.69, 9.17) is 4.74 Å². The Balaban J connectivity index is 1.90. The highest BCUT2D eigenvalue weighted by molar-refractivity contribution is 5.53. The van der Waals surface area contributed by atoms with Crippen molar-refractivity contribution in [2.45, 2.75) is 19.4 Å². The molecule has 1 aliphatic rings. The van der Waals surface area contributed by atoms with Gasteiger partial charge in [-0.25, -0.2) is 0 Å². The second kappa shape index (κ2) is 4.96. The molecule has 0 aromatic heterocycles. The zero-order valence-corrected chi connectivity index (χ0v) is 11.5. The highest BCUT2D eigenvalue weighted by Gasteiger charge is 2.23. The van der Waals surface area contributed by atoms with E-state index in [2.05, 4.69) is 48.2 Å². The van der Waals surface area contributed by atoms with Gasteiger partial charge in [-0.15, -0.1) is 0 Å². The van der Waals surface area contributed by atoms with Gasteiger partial charge in [0.25, 0.3) is 0 Å². The summed E-state index contributed by atoms with van der Waals surface area (Å²) in [5.74, 6) is 0.911. The molecule has 3 rings (SSSR count). The van der Waals surface area contributed by atoms with Crippen molar-refractivity contribution in [2.75, 3.05) is 18.6 Å². The molecule has 0 unspecified atom stereocenters. The van der Waals surface area contributed by atoms with Crippen molar-refractivity contribution < 1.29 is 4.74 Å². The lowest BCUT2D eigenvalue weighted by Crippen LogP contribution is -2.33. The molecule has 0 radical (unpaired) electrons. The zero-order valence-electron chi connectivity index (χ0n) is 11.5. The number of rotatable bonds is 2. The van der Waals surface area contributed by atoms with Crippen LogP contribution in [-0.2, 0) is 6.42 Å². The van der Waals surface area contributed by atoms with Gasteiger partial charge < -0.3 is 9.64 Å². The Kier molecular flexibility index (Phi) is 3.16. The molecule has 0 fully saturated rings. The van der Waals surface area contributed by atoms with E-state index in [1.807, 2.05) is 12.1 Å². The molecular formula is C17H19NO. The van der Waals surface area contributed by atoms with Crippen molar-refractivity contribution in [3.8, 4) is 5.75 Å². The molecule has 2 aromatic rings. The molecule has 0 bridgehead atoms. The summed E-state index contributed by atoms with van der Waals surface area (Å²) in [4.78, 5) is 2.46. The van der Waals surface area contributed by atoms with Crippen LogP contribution in [0.2, 0.25) is 0 Å². The van der Waals surface area contributed by atoms with Crippen molar-refractivity contribution in [1.29, 1.82) is 0 Å². The van der Waals surface area contributed by atoms with Gasteiger partial charge in [0.1, 0.15) is 5.75 Å². The van der Waals surface area contributed by atoms with E-state index in [0.29, 0.717) is 6.04 Å². The lowest BCUT2D eigenvalue weighted by molar-refractivity contribution is 0.414. The maximum absolute atomic E-state index is 5.22. The van der Waals surface area contributed by atoms with Crippen LogP contribution in [0.5, 0.6) is 5.75 Å². The van der Waals surface area contributed by atoms with E-state index in [9.17, 15) is 0 Å². The molecular weight excluding hydrogens is 234 g/mol. The van der Waals surface area contributed by atoms with Gasteiger partial charge in [0.15, 0.2) is 0 Å². The molecule has 0 saturated carbocycles. The van der Waals surface area contributed by atoms with E-state index >= 15 is 0 Å². The molecule has 2 nitrogen and oxygen atoms in total. The third-order valence-electron chi connectivity index (χ3n) is 4.00. The van der Waals surface area contributed by atoms with Crippen LogP contribution in [0.1, 0.15) is 24.1 Å². The highest BCUT2D eigenvalue weighted by atomic mass is 16.5. The van der Waals surface area contributed by atoms with E-state index in [-0.39, 0.29) is 0 Å². The Labute approximate surface area is 114 Å². The van der Waals surface area contributed by atoms with Crippen LogP contribution in [0.15, 0.2) is 48.5 Å². The molecule has 98 valence electrons. The highest BCUT2D eigenvalue weighted by Crippen LogP contribution is 2.33. The van der Waals surface area contributed by atoms with Crippen LogP contribution >= 0.6 is 0 Å². The standard InChI is InChI=1S/C17H19NO/c1-13-17-6-4-3-5-14(17)11-12-18(13)15-7-9-16(19-2)10-8-15/h3-10,13H,11-12H2,1-2H3/t13-/m1/s1. The first-order valence-corrected chi connectivity index (χ1v) is 6.78. The molecule has 0 spiro atoms. The molecule has 0 aliphatic carbocycles. The Morgan fingerprint density at radius 3 is 2.53 bits per heavy atom. The lowest BCUT2D eigenvalue weighted by atomic mass is 9.93. The van der Waals surface area contributed by atoms with Crippen molar-refractivity contribution in [1.82, 2.24) is 0 Å². The third-order valence-corrected chi connectivity index (χ3v) is 4.00. The molecule has 1 aliphatic heterocycles. The van der Waals surface area contributed by atoms with Crippen LogP contribution in [0.4, 0.5) is 5.69 Å². The quantitative estimate of drug-likeness (QED) is 0.806. The molecule has 0 saturated heterocycles. The zero-order chi connectivity index (χ0) is 13.2. The van der Waals surface area contributed by atoms with E-state index in [1.54, 1.807) is 7.11 Å². The van der Waals surface area contributed by atoms with Gasteiger partial charge in [-0.2, -0.15) is 0 Å². The summed E-state index contributed by atoms with van der Waals surface area (Å²) < 4.78 is 5.22. The minimum atomic E-state index is 0.429. The predicted molar refractivity (Wildman–Crippen MR) is 78.9 cm³/mol. The minimum absolute atomic E-state index is 0.429. The van der Waals surface area contributed by atoms with Gasteiger partial charge in [-0.3, -0.25) is 0 Å². The topological polar surface area (TPSA) is 12.5 Å². The number of hydrogen-bond acceptors (Lipinski definition) is 2. The molecule has 2 aromatic carbocycles. The average molecular weight is 253 g/mol. The van der Waals surface area contributed by atoms with Gasteiger partial charge >= 0.3 is 0 Å². The fourth-order valence-corrected chi connectivity index (χ4v) is 2.90. The Morgan fingerprint density at radius 1 is 1.05 bits per heavy atom. The second-order valence-corrected chi connectivity index (χ2v) is 5.02. The summed E-state index contributed by atoms with van der Waals surface area (Å²) in [7, 11) is 1.70. The normalized spacial score (nSPS) is 18.0. The Bertz CT molecular complexity index is 562. The fraction of sp³-hybridized carbons (Fsp3) is 0.294. The second-order valence-electron chi connectivity index (χ2n) is 5.02. The summed E-state index contributed by atoms with van der Waals surface area (Å²) in [6.45, 7) is 3.35. The van der Waals surface area contributed by atoms with Crippen molar-refractivity contribution in [2.24, 2.45) is 0 Å². The monoisotopic (exact) mass is 253 g/mol. The summed E-state index contributed by atoms with van der Waals surface area (Å²) in [6, 6.07) is 17.5. The number of fused-ring (bicyclic) bond motifs is 1. The van der Waals surface area contributed by atoms with E-state index in [0.717, 1.165) is 18.7 Å². The average Bonchev–Trinajstić information content (AvgIpc) is 2.48. The maximum Gasteiger partial charge on any atom is 0.119 e. The van der Waals surface area contributed by atoms with Crippen LogP contribution in [0.3, 0.4) is 0 Å². The Hall–Kier alpha value is -1.96. The summed E-state index contributed by atoms with van der Waals surface area (Å²) >= 11 is 0. The third kappa shape index (κ3) is 2.19. The van der Waals surface area contributed by atoms with Crippen molar-refractivity contribution in [3.05, 3.63) is 59.7 Å². The minimum Gasteiger partial charge on any atom is -0.497 e. The van der Waals surface area contributed by atoms with E-state index < -0.39 is 0 Å². The van der Waals surface area contributed by atoms with Crippen molar-refractivity contribution in [3.63, 3.8) is 0 Å². The molecule has 0 N–H and O–H groups in total. The number of methoxy groups -OCH3 is 1. The SMILES string of the molecule is COc1ccc(N2CCc3ccccc3[C@H]2C)cc1. The largest absolute Gasteiger partial charge is 0.497 e. The van der Waals surface area contributed by atoms with Gasteiger partial charge in [0, 0.05) is 12.2 Å². The van der Waals surface area contributed by atoms with E-state index in [1.165, 1.54) is 16.8 Å². The van der Waals surface area contributed by atoms with Gasteiger partial charge in [-0.05, 0) is 48.7 Å². The summed E-state index contributed by atoms with van der Waals surface area (Å²) in [6.07, 6.45) is 1.12. The number of ether oxygens (including phenoxy) is 1. The number of hydrogen-bond donors (Lipinski definition) is 0. The lowest BCUT2D eigenvalue weighted by Gasteiger charge is -2.37. The van der Waals surface area contributed by atoms with Gasteiger partial charge in [0.05, 0.1) is 13.2 Å². The van der Waals surface area contributed by atoms with Crippen LogP contribution in [0.25, 0.3) is 0 Å². The number of benzene rings is 2. The first kappa shape index (κ1) is 12.1. The summed E-state index contributed by atoms with van der Waals surface area (Å²) in [5, 5.41) is 0. The predicted octanol–water partition coefficient (Wildman–Crippen LogP) is 3.82. The fourth-order valence-electron chi connectivity index (χ4n) is 2.90. The van der Waals surface area contributed by atoms with Crippen molar-refractivity contribution >= 4 is 5.69 Å². The molecule has 0 amide bonds. The molecule has 1 atom stereocenters. The Morgan fingerprint density at radius 2 is 1.79 bits per heavy atom. The number of nitrogens with zero attached hydrogens (tertiary/aromatic N) is 1. The van der Waals surface area contributed by atoms with Gasteiger partial charge in [0.2, 0.25) is 0 Å². The van der Waals surface area contributed by atoms with Gasteiger partial charge in [-0.1, -0.05) is 24.3 Å². The summed E-state index contributed by atoms with van der Waals surface area (Å²) in [5.41, 5.74) is 4.20. The van der Waals surface area contributed by atoms with Crippen LogP contribution < -0.4 is 9.64 Å². The van der Waals surface area contributed by atoms with Crippen LogP contribution in [-0.4, -0.2) is 13.7 Å². The maximum atomic E-state index is 5.22. The first-order chi connectivity index (χ1) is 9.29. The number of anilines is 1. The molecule has 2 heteroatoms.